The third-order valence-corrected chi connectivity index (χ3v) is 3.75. The van der Waals surface area contributed by atoms with Gasteiger partial charge in [0.2, 0.25) is 0 Å². The van der Waals surface area contributed by atoms with Gasteiger partial charge in [-0.2, -0.15) is 5.10 Å². The summed E-state index contributed by atoms with van der Waals surface area (Å²) in [6.07, 6.45) is 3.49. The molecule has 0 aliphatic rings. The Hall–Kier alpha value is -0.830. The monoisotopic (exact) mass is 265 g/mol. The van der Waals surface area contributed by atoms with Gasteiger partial charge < -0.3 is 5.32 Å². The first kappa shape index (κ1) is 16.2. The Morgan fingerprint density at radius 3 is 2.42 bits per heavy atom. The van der Waals surface area contributed by atoms with Crippen LogP contribution < -0.4 is 5.32 Å². The van der Waals surface area contributed by atoms with Crippen LogP contribution in [-0.4, -0.2) is 16.3 Å². The van der Waals surface area contributed by atoms with Gasteiger partial charge in [0.05, 0.1) is 5.69 Å². The van der Waals surface area contributed by atoms with Gasteiger partial charge in [-0.1, -0.05) is 27.7 Å². The second kappa shape index (κ2) is 7.68. The van der Waals surface area contributed by atoms with E-state index in [2.05, 4.69) is 51.5 Å². The largest absolute Gasteiger partial charge is 0.310 e. The minimum absolute atomic E-state index is 0.452. The Morgan fingerprint density at radius 2 is 1.89 bits per heavy atom. The lowest BCUT2D eigenvalue weighted by Gasteiger charge is -2.17. The highest BCUT2D eigenvalue weighted by Gasteiger charge is 2.19. The lowest BCUT2D eigenvalue weighted by molar-refractivity contribution is 0.475. The quantitative estimate of drug-likeness (QED) is 0.770. The molecule has 19 heavy (non-hydrogen) atoms. The smallest absolute Gasteiger partial charge is 0.0644 e. The van der Waals surface area contributed by atoms with Gasteiger partial charge in [-0.05, 0) is 45.6 Å². The van der Waals surface area contributed by atoms with Crippen molar-refractivity contribution >= 4 is 0 Å². The van der Waals surface area contributed by atoms with E-state index in [1.807, 2.05) is 0 Å². The predicted molar refractivity (Wildman–Crippen MR) is 82.5 cm³/mol. The average Bonchev–Trinajstić information content (AvgIpc) is 2.64. The Morgan fingerprint density at radius 1 is 1.21 bits per heavy atom. The van der Waals surface area contributed by atoms with Gasteiger partial charge in [0.25, 0.3) is 0 Å². The minimum atomic E-state index is 0.452. The highest BCUT2D eigenvalue weighted by molar-refractivity contribution is 5.28. The van der Waals surface area contributed by atoms with Crippen molar-refractivity contribution < 1.29 is 0 Å². The van der Waals surface area contributed by atoms with Crippen LogP contribution >= 0.6 is 0 Å². The molecule has 1 atom stereocenters. The number of nitrogens with one attached hydrogen (secondary N) is 1. The molecule has 3 heteroatoms. The van der Waals surface area contributed by atoms with Crippen molar-refractivity contribution in [2.45, 2.75) is 73.4 Å². The normalized spacial score (nSPS) is 13.2. The number of nitrogens with zero attached hydrogens (tertiary/aromatic N) is 2. The van der Waals surface area contributed by atoms with E-state index in [4.69, 9.17) is 5.10 Å². The van der Waals surface area contributed by atoms with E-state index < -0.39 is 0 Å². The molecule has 1 aromatic heterocycles. The Bertz CT molecular complexity index is 380. The Labute approximate surface area is 118 Å². The Balaban J connectivity index is 2.87. The molecule has 1 heterocycles. The zero-order valence-electron chi connectivity index (χ0n) is 13.6. The molecule has 3 nitrogen and oxygen atoms in total. The molecule has 0 fully saturated rings. The summed E-state index contributed by atoms with van der Waals surface area (Å²) in [5.41, 5.74) is 3.95. The van der Waals surface area contributed by atoms with Crippen molar-refractivity contribution in [3.05, 3.63) is 17.0 Å². The van der Waals surface area contributed by atoms with Crippen LogP contribution in [-0.2, 0) is 6.54 Å². The Kier molecular flexibility index (Phi) is 6.56. The number of hydrogen-bond acceptors (Lipinski definition) is 2. The zero-order valence-corrected chi connectivity index (χ0v) is 13.6. The second-order valence-corrected chi connectivity index (χ2v) is 5.91. The van der Waals surface area contributed by atoms with Crippen LogP contribution in [0.5, 0.6) is 0 Å². The molecule has 0 aromatic carbocycles. The SMILES string of the molecule is CCCNC(CC)c1c(C)nn(CCC(C)C)c1C. The van der Waals surface area contributed by atoms with Crippen LogP contribution in [0.4, 0.5) is 0 Å². The molecule has 0 aliphatic heterocycles. The summed E-state index contributed by atoms with van der Waals surface area (Å²) in [6, 6.07) is 0.452. The molecule has 1 N–H and O–H groups in total. The maximum absolute atomic E-state index is 4.74. The molecule has 110 valence electrons. The standard InChI is InChI=1S/C16H31N3/c1-7-10-17-15(8-2)16-13(5)18-19(14(16)6)11-9-12(3)4/h12,15,17H,7-11H2,1-6H3. The first-order valence-corrected chi connectivity index (χ1v) is 7.78. The molecular formula is C16H31N3. The van der Waals surface area contributed by atoms with E-state index in [0.29, 0.717) is 6.04 Å². The maximum atomic E-state index is 4.74. The number of hydrogen-bond donors (Lipinski definition) is 1. The van der Waals surface area contributed by atoms with Crippen LogP contribution in [0.3, 0.4) is 0 Å². The van der Waals surface area contributed by atoms with Gasteiger partial charge >= 0.3 is 0 Å². The van der Waals surface area contributed by atoms with E-state index in [1.54, 1.807) is 0 Å². The van der Waals surface area contributed by atoms with E-state index in [1.165, 1.54) is 29.8 Å². The summed E-state index contributed by atoms with van der Waals surface area (Å²) in [6.45, 7) is 15.5. The summed E-state index contributed by atoms with van der Waals surface area (Å²) >= 11 is 0. The first-order valence-electron chi connectivity index (χ1n) is 7.78. The van der Waals surface area contributed by atoms with Crippen LogP contribution in [0.25, 0.3) is 0 Å². The summed E-state index contributed by atoms with van der Waals surface area (Å²) in [5.74, 6) is 0.729. The lowest BCUT2D eigenvalue weighted by Crippen LogP contribution is -2.22. The van der Waals surface area contributed by atoms with Crippen molar-refractivity contribution in [2.75, 3.05) is 6.54 Å². The summed E-state index contributed by atoms with van der Waals surface area (Å²) in [5, 5.41) is 8.38. The van der Waals surface area contributed by atoms with E-state index in [9.17, 15) is 0 Å². The molecule has 1 unspecified atom stereocenters. The molecule has 0 saturated heterocycles. The fourth-order valence-electron chi connectivity index (χ4n) is 2.58. The number of rotatable bonds is 8. The fraction of sp³-hybridized carbons (Fsp3) is 0.812. The molecule has 0 saturated carbocycles. The minimum Gasteiger partial charge on any atom is -0.310 e. The molecular weight excluding hydrogens is 234 g/mol. The summed E-state index contributed by atoms with van der Waals surface area (Å²) < 4.78 is 2.20. The lowest BCUT2D eigenvalue weighted by atomic mass is 10.0. The molecule has 1 aromatic rings. The molecule has 0 amide bonds. The zero-order chi connectivity index (χ0) is 14.4. The predicted octanol–water partition coefficient (Wildman–Crippen LogP) is 4.00. The van der Waals surface area contributed by atoms with Gasteiger partial charge in [0.15, 0.2) is 0 Å². The van der Waals surface area contributed by atoms with Gasteiger partial charge in [0.1, 0.15) is 0 Å². The van der Waals surface area contributed by atoms with Crippen LogP contribution in [0.15, 0.2) is 0 Å². The van der Waals surface area contributed by atoms with E-state index in [-0.39, 0.29) is 0 Å². The van der Waals surface area contributed by atoms with Crippen molar-refractivity contribution in [3.8, 4) is 0 Å². The summed E-state index contributed by atoms with van der Waals surface area (Å²) in [7, 11) is 0. The van der Waals surface area contributed by atoms with Crippen LogP contribution in [0, 0.1) is 19.8 Å². The molecule has 0 spiro atoms. The van der Waals surface area contributed by atoms with Crippen molar-refractivity contribution in [1.29, 1.82) is 0 Å². The third-order valence-electron chi connectivity index (χ3n) is 3.75. The van der Waals surface area contributed by atoms with Gasteiger partial charge in [-0.3, -0.25) is 4.68 Å². The fourth-order valence-corrected chi connectivity index (χ4v) is 2.58. The topological polar surface area (TPSA) is 29.9 Å². The van der Waals surface area contributed by atoms with E-state index in [0.717, 1.165) is 25.4 Å². The number of aryl methyl sites for hydroxylation is 2. The second-order valence-electron chi connectivity index (χ2n) is 5.91. The molecule has 0 aliphatic carbocycles. The van der Waals surface area contributed by atoms with Gasteiger partial charge in [-0.25, -0.2) is 0 Å². The van der Waals surface area contributed by atoms with Crippen molar-refractivity contribution in [3.63, 3.8) is 0 Å². The molecule has 0 bridgehead atoms. The van der Waals surface area contributed by atoms with Crippen molar-refractivity contribution in [2.24, 2.45) is 5.92 Å². The van der Waals surface area contributed by atoms with Gasteiger partial charge in [-0.15, -0.1) is 0 Å². The highest BCUT2D eigenvalue weighted by atomic mass is 15.3. The van der Waals surface area contributed by atoms with Gasteiger partial charge in [0, 0.05) is 23.8 Å². The van der Waals surface area contributed by atoms with Crippen LogP contribution in [0.1, 0.15) is 70.0 Å². The first-order chi connectivity index (χ1) is 9.01. The van der Waals surface area contributed by atoms with Crippen LogP contribution in [0.2, 0.25) is 0 Å². The third kappa shape index (κ3) is 4.34. The summed E-state index contributed by atoms with van der Waals surface area (Å²) in [4.78, 5) is 0. The molecule has 0 radical (unpaired) electrons. The number of aromatic nitrogens is 2. The van der Waals surface area contributed by atoms with Crippen molar-refractivity contribution in [1.82, 2.24) is 15.1 Å². The molecule has 1 rings (SSSR count). The highest BCUT2D eigenvalue weighted by Crippen LogP contribution is 2.24. The maximum Gasteiger partial charge on any atom is 0.0644 e. The van der Waals surface area contributed by atoms with E-state index >= 15 is 0 Å². The average molecular weight is 265 g/mol.